The molecule has 72 heavy (non-hydrogen) atoms. The van der Waals surface area contributed by atoms with Crippen LogP contribution in [0.25, 0.3) is 33.8 Å². The average molecular weight is 1010 g/mol. The lowest BCUT2D eigenvalue weighted by molar-refractivity contribution is -0.138. The summed E-state index contributed by atoms with van der Waals surface area (Å²) in [5.41, 5.74) is 1.43. The van der Waals surface area contributed by atoms with Gasteiger partial charge < -0.3 is 29.7 Å². The number of carbonyl (C=O) groups excluding carboxylic acids is 1. The number of rotatable bonds is 10. The maximum Gasteiger partial charge on any atom is 0.416 e. The summed E-state index contributed by atoms with van der Waals surface area (Å²) in [6.45, 7) is 10.8. The summed E-state index contributed by atoms with van der Waals surface area (Å²) in [5.74, 6) is 4.19. The van der Waals surface area contributed by atoms with Crippen molar-refractivity contribution < 1.29 is 44.3 Å². The number of carbonyl (C=O) groups is 1. The molecule has 0 saturated carbocycles. The van der Waals surface area contributed by atoms with E-state index in [0.717, 1.165) is 157 Å². The molecule has 10 nitrogen and oxygen atoms in total. The highest BCUT2D eigenvalue weighted by molar-refractivity contribution is 5.73. The van der Waals surface area contributed by atoms with Crippen LogP contribution in [0.5, 0.6) is 0 Å². The van der Waals surface area contributed by atoms with Crippen LogP contribution >= 0.6 is 0 Å². The van der Waals surface area contributed by atoms with E-state index in [1.54, 1.807) is 43.7 Å². The highest BCUT2D eigenvalue weighted by Crippen LogP contribution is 2.35. The Morgan fingerprint density at radius 2 is 0.847 bits per heavy atom. The molecule has 0 aliphatic carbocycles. The quantitative estimate of drug-likeness (QED) is 0.118. The summed E-state index contributed by atoms with van der Waals surface area (Å²) in [6.07, 6.45) is 0.670. The van der Waals surface area contributed by atoms with E-state index in [1.807, 2.05) is 4.90 Å². The summed E-state index contributed by atoms with van der Waals surface area (Å²) in [4.78, 5) is 40.5. The Kier molecular flexibility index (Phi) is 17.7. The fourth-order valence-electron chi connectivity index (χ4n) is 9.47. The summed E-state index contributed by atoms with van der Waals surface area (Å²) < 4.78 is 115. The van der Waals surface area contributed by atoms with E-state index in [4.69, 9.17) is 0 Å². The Morgan fingerprint density at radius 3 is 1.15 bits per heavy atom. The van der Waals surface area contributed by atoms with Crippen LogP contribution < -0.4 is 0 Å². The second-order valence-corrected chi connectivity index (χ2v) is 19.2. The highest BCUT2D eigenvalue weighted by atomic mass is 19.4. The van der Waals surface area contributed by atoms with E-state index in [9.17, 15) is 44.3 Å². The van der Waals surface area contributed by atoms with Gasteiger partial charge in [0.15, 0.2) is 0 Å². The summed E-state index contributed by atoms with van der Waals surface area (Å²) in [5, 5.41) is 0. The van der Waals surface area contributed by atoms with Crippen LogP contribution in [0.15, 0.2) is 91.4 Å². The van der Waals surface area contributed by atoms with Crippen molar-refractivity contribution in [2.45, 2.75) is 90.2 Å². The molecule has 0 radical (unpaired) electrons. The van der Waals surface area contributed by atoms with E-state index < -0.39 is 35.2 Å². The third-order valence-electron chi connectivity index (χ3n) is 13.9. The number of likely N-dealkylation sites (tertiary alicyclic amines) is 3. The first-order valence-electron chi connectivity index (χ1n) is 24.5. The van der Waals surface area contributed by atoms with Crippen molar-refractivity contribution in [2.75, 3.05) is 52.9 Å². The molecule has 388 valence electrons. The molecular formula is C53H62F9N9O. The first kappa shape index (κ1) is 53.8. The van der Waals surface area contributed by atoms with Crippen LogP contribution in [0.4, 0.5) is 39.5 Å². The standard InChI is InChI=1S/C18H20F3N3O.C18H22F3N3.C17H20F3N3/c1-12(25)24-7-5-13(6-8-24)9-17-22-11-16(23-17)14-3-2-4-15(10-14)18(19,20)21;1-2-24-8-6-13(7-9-24)10-17-22-12-16(23-17)14-4-3-5-15(11-14)18(19,20)21;1-23-7-5-12(6-8-23)9-16-21-11-15(22-16)13-3-2-4-14(10-13)17(18,19)20/h2-4,10-11,13H,5-9H2,1H3,(H,22,23);3-5,11-13H,2,6-10H2,1H3,(H,22,23);2-4,10-12H,5-9H2,1H3,(H,21,22). The fraction of sp³-hybridized carbons (Fsp3) is 0.472. The van der Waals surface area contributed by atoms with Crippen molar-refractivity contribution in [1.82, 2.24) is 44.6 Å². The molecule has 0 unspecified atom stereocenters. The molecule has 0 bridgehead atoms. The summed E-state index contributed by atoms with van der Waals surface area (Å²) in [7, 11) is 2.12. The van der Waals surface area contributed by atoms with Crippen LogP contribution in [0.2, 0.25) is 0 Å². The van der Waals surface area contributed by atoms with Crippen molar-refractivity contribution in [3.8, 4) is 33.8 Å². The molecule has 6 aromatic rings. The first-order valence-corrected chi connectivity index (χ1v) is 24.5. The van der Waals surface area contributed by atoms with Gasteiger partial charge in [0.1, 0.15) is 17.5 Å². The van der Waals surface area contributed by atoms with E-state index in [1.165, 1.54) is 18.2 Å². The van der Waals surface area contributed by atoms with Gasteiger partial charge in [-0.2, -0.15) is 39.5 Å². The predicted molar refractivity (Wildman–Crippen MR) is 258 cm³/mol. The van der Waals surface area contributed by atoms with Gasteiger partial charge in [-0.25, -0.2) is 15.0 Å². The minimum absolute atomic E-state index is 0.100. The Morgan fingerprint density at radius 1 is 0.528 bits per heavy atom. The molecule has 0 atom stereocenters. The number of amides is 1. The molecule has 3 saturated heterocycles. The topological polar surface area (TPSA) is 113 Å². The average Bonchev–Trinajstić information content (AvgIpc) is 4.15. The molecular weight excluding hydrogens is 950 g/mol. The van der Waals surface area contributed by atoms with Crippen molar-refractivity contribution in [2.24, 2.45) is 17.8 Å². The van der Waals surface area contributed by atoms with Crippen molar-refractivity contribution >= 4 is 5.91 Å². The Balaban J connectivity index is 0.000000159. The Bertz CT molecular complexity index is 2640. The number of imidazole rings is 3. The number of aromatic amines is 3. The molecule has 1 amide bonds. The molecule has 9 rings (SSSR count). The molecule has 3 aliphatic rings. The van der Waals surface area contributed by atoms with Gasteiger partial charge in [0.05, 0.1) is 52.4 Å². The zero-order chi connectivity index (χ0) is 51.6. The van der Waals surface area contributed by atoms with Gasteiger partial charge in [0.2, 0.25) is 5.91 Å². The largest absolute Gasteiger partial charge is 0.416 e. The van der Waals surface area contributed by atoms with Gasteiger partial charge in [0, 0.05) is 56.0 Å². The lowest BCUT2D eigenvalue weighted by Crippen LogP contribution is -2.37. The molecule has 6 heterocycles. The maximum atomic E-state index is 12.8. The number of alkyl halides is 9. The zero-order valence-electron chi connectivity index (χ0n) is 40.7. The number of benzene rings is 3. The third-order valence-corrected chi connectivity index (χ3v) is 13.9. The van der Waals surface area contributed by atoms with E-state index >= 15 is 0 Å². The van der Waals surface area contributed by atoms with Crippen LogP contribution in [-0.4, -0.2) is 103 Å². The minimum atomic E-state index is -4.36. The zero-order valence-corrected chi connectivity index (χ0v) is 40.7. The maximum absolute atomic E-state index is 12.8. The molecule has 19 heteroatoms. The second kappa shape index (κ2) is 23.7. The Labute approximate surface area is 413 Å². The second-order valence-electron chi connectivity index (χ2n) is 19.2. The van der Waals surface area contributed by atoms with Crippen molar-refractivity contribution in [3.63, 3.8) is 0 Å². The molecule has 3 aliphatic heterocycles. The molecule has 3 N–H and O–H groups in total. The summed E-state index contributed by atoms with van der Waals surface area (Å²) >= 11 is 0. The van der Waals surface area contributed by atoms with Gasteiger partial charge in [-0.3, -0.25) is 4.79 Å². The third kappa shape index (κ3) is 15.3. The number of piperidine rings is 3. The number of aromatic nitrogens is 6. The van der Waals surface area contributed by atoms with Crippen LogP contribution in [0.1, 0.15) is 86.5 Å². The van der Waals surface area contributed by atoms with Crippen molar-refractivity contribution in [3.05, 3.63) is 126 Å². The lowest BCUT2D eigenvalue weighted by Gasteiger charge is -2.30. The van der Waals surface area contributed by atoms with Crippen molar-refractivity contribution in [1.29, 1.82) is 0 Å². The number of hydrogen-bond donors (Lipinski definition) is 3. The van der Waals surface area contributed by atoms with Crippen LogP contribution in [0, 0.1) is 17.8 Å². The molecule has 3 aromatic heterocycles. The Hall–Kier alpha value is -5.95. The van der Waals surface area contributed by atoms with Gasteiger partial charge in [0.25, 0.3) is 0 Å². The molecule has 3 fully saturated rings. The molecule has 3 aromatic carbocycles. The number of nitrogens with zero attached hydrogens (tertiary/aromatic N) is 6. The molecule has 0 spiro atoms. The van der Waals surface area contributed by atoms with E-state index in [2.05, 4.69) is 53.7 Å². The summed E-state index contributed by atoms with van der Waals surface area (Å²) in [6, 6.07) is 15.9. The predicted octanol–water partition coefficient (Wildman–Crippen LogP) is 12.2. The number of nitrogens with one attached hydrogen (secondary N) is 3. The number of H-pyrrole nitrogens is 3. The van der Waals surface area contributed by atoms with E-state index in [-0.39, 0.29) is 5.91 Å². The first-order chi connectivity index (χ1) is 34.2. The normalized spacial score (nSPS) is 17.0. The minimum Gasteiger partial charge on any atom is -0.343 e. The van der Waals surface area contributed by atoms with E-state index in [0.29, 0.717) is 51.5 Å². The van der Waals surface area contributed by atoms with Gasteiger partial charge >= 0.3 is 18.5 Å². The monoisotopic (exact) mass is 1010 g/mol. The lowest BCUT2D eigenvalue weighted by atomic mass is 9.93. The number of halogens is 9. The smallest absolute Gasteiger partial charge is 0.343 e. The number of hydrogen-bond acceptors (Lipinski definition) is 6. The van der Waals surface area contributed by atoms with Crippen LogP contribution in [0.3, 0.4) is 0 Å². The van der Waals surface area contributed by atoms with Gasteiger partial charge in [-0.1, -0.05) is 43.3 Å². The highest BCUT2D eigenvalue weighted by Gasteiger charge is 2.33. The van der Waals surface area contributed by atoms with Gasteiger partial charge in [-0.05, 0) is 132 Å². The SMILES string of the molecule is CC(=O)N1CCC(Cc2ncc(-c3cccc(C(F)(F)F)c3)[nH]2)CC1.CCN1CCC(Cc2ncc(-c3cccc(C(F)(F)F)c3)[nH]2)CC1.CN1CCC(Cc2ncc(-c3cccc(C(F)(F)F)c3)[nH]2)CC1. The fourth-order valence-corrected chi connectivity index (χ4v) is 9.47. The van der Waals surface area contributed by atoms with Gasteiger partial charge in [-0.15, -0.1) is 0 Å². The van der Waals surface area contributed by atoms with Crippen LogP contribution in [-0.2, 0) is 42.6 Å².